The van der Waals surface area contributed by atoms with Gasteiger partial charge in [0, 0.05) is 17.7 Å². The zero-order chi connectivity index (χ0) is 27.4. The summed E-state index contributed by atoms with van der Waals surface area (Å²) in [5.74, 6) is -0.380. The monoisotopic (exact) mass is 509 g/mol. The van der Waals surface area contributed by atoms with Crippen LogP contribution in [0, 0.1) is 0 Å². The second-order valence-electron chi connectivity index (χ2n) is 11.7. The van der Waals surface area contributed by atoms with Gasteiger partial charge in [0.1, 0.15) is 17.6 Å². The van der Waals surface area contributed by atoms with Crippen molar-refractivity contribution in [1.29, 1.82) is 0 Å². The fraction of sp³-hybridized carbons (Fsp3) is 0.333. The van der Waals surface area contributed by atoms with Crippen LogP contribution >= 0.6 is 0 Å². The Morgan fingerprint density at radius 1 is 0.974 bits per heavy atom. The summed E-state index contributed by atoms with van der Waals surface area (Å²) in [6, 6.07) is 20.4. The molecule has 0 bridgehead atoms. The Kier molecular flexibility index (Phi) is 6.42. The maximum atomic E-state index is 13.5. The molecule has 38 heavy (non-hydrogen) atoms. The molecule has 2 unspecified atom stereocenters. The van der Waals surface area contributed by atoms with Crippen molar-refractivity contribution in [3.05, 3.63) is 100 Å². The number of amides is 1. The van der Waals surface area contributed by atoms with Crippen LogP contribution in [0.5, 0.6) is 5.75 Å². The number of carbonyl (C=O) groups excluding carboxylic acids is 2. The predicted molar refractivity (Wildman–Crippen MR) is 151 cm³/mol. The first-order valence-electron chi connectivity index (χ1n) is 13.3. The summed E-state index contributed by atoms with van der Waals surface area (Å²) in [6.07, 6.45) is 0.785. The van der Waals surface area contributed by atoms with Gasteiger partial charge in [-0.05, 0) is 70.8 Å². The highest BCUT2D eigenvalue weighted by Gasteiger charge is 2.47. The average molecular weight is 510 g/mol. The number of benzene rings is 3. The number of ether oxygens (including phenoxy) is 1. The van der Waals surface area contributed by atoms with Crippen LogP contribution in [0.1, 0.15) is 81.3 Å². The highest BCUT2D eigenvalue weighted by Crippen LogP contribution is 2.43. The van der Waals surface area contributed by atoms with Crippen LogP contribution in [0.15, 0.2) is 72.3 Å². The van der Waals surface area contributed by atoms with Crippen LogP contribution in [0.3, 0.4) is 0 Å². The molecule has 1 N–H and O–H groups in total. The Bertz CT molecular complexity index is 1430. The largest absolute Gasteiger partial charge is 0.507 e. The lowest BCUT2D eigenvalue weighted by Crippen LogP contribution is -2.29. The average Bonchev–Trinajstić information content (AvgIpc) is 3.38. The number of aliphatic hydroxyl groups excluding tert-OH is 1. The van der Waals surface area contributed by atoms with E-state index in [0.717, 1.165) is 34.4 Å². The van der Waals surface area contributed by atoms with Gasteiger partial charge in [0.25, 0.3) is 11.7 Å². The third kappa shape index (κ3) is 4.51. The quantitative estimate of drug-likeness (QED) is 0.232. The topological polar surface area (TPSA) is 66.8 Å². The molecule has 5 heteroatoms. The number of hydrogen-bond acceptors (Lipinski definition) is 4. The SMILES string of the molecule is CC1Cc2cc(/C(O)=C3/C(=O)C(=O)N(c4ccc(C(C)C)cc4)C3c3ccc(C(C)(C)C)cc3)ccc2O1. The van der Waals surface area contributed by atoms with Crippen molar-refractivity contribution in [2.45, 2.75) is 71.4 Å². The molecule has 2 aliphatic heterocycles. The highest BCUT2D eigenvalue weighted by molar-refractivity contribution is 6.51. The molecule has 2 atom stereocenters. The number of Topliss-reactive ketones (excluding diaryl/α,β-unsaturated/α-hetero) is 1. The van der Waals surface area contributed by atoms with Gasteiger partial charge >= 0.3 is 0 Å². The molecule has 0 saturated carbocycles. The zero-order valence-corrected chi connectivity index (χ0v) is 22.9. The number of aliphatic hydroxyl groups is 1. The van der Waals surface area contributed by atoms with Gasteiger partial charge in [0.15, 0.2) is 0 Å². The lowest BCUT2D eigenvalue weighted by atomic mass is 9.85. The molecule has 0 aromatic heterocycles. The van der Waals surface area contributed by atoms with Gasteiger partial charge in [-0.3, -0.25) is 14.5 Å². The molecule has 0 aliphatic carbocycles. The summed E-state index contributed by atoms with van der Waals surface area (Å²) in [7, 11) is 0. The molecule has 5 rings (SSSR count). The van der Waals surface area contributed by atoms with E-state index < -0.39 is 17.7 Å². The van der Waals surface area contributed by atoms with E-state index in [1.165, 1.54) is 4.90 Å². The van der Waals surface area contributed by atoms with Gasteiger partial charge in [-0.15, -0.1) is 0 Å². The lowest BCUT2D eigenvalue weighted by Gasteiger charge is -2.27. The molecule has 5 nitrogen and oxygen atoms in total. The molecule has 0 radical (unpaired) electrons. The molecule has 2 heterocycles. The molecular weight excluding hydrogens is 474 g/mol. The van der Waals surface area contributed by atoms with Crippen LogP contribution in [0.2, 0.25) is 0 Å². The summed E-state index contributed by atoms with van der Waals surface area (Å²) in [6.45, 7) is 12.6. The number of anilines is 1. The smallest absolute Gasteiger partial charge is 0.300 e. The normalized spacial score (nSPS) is 20.7. The van der Waals surface area contributed by atoms with E-state index in [0.29, 0.717) is 17.2 Å². The number of hydrogen-bond donors (Lipinski definition) is 1. The minimum atomic E-state index is -0.752. The maximum Gasteiger partial charge on any atom is 0.300 e. The highest BCUT2D eigenvalue weighted by atomic mass is 16.5. The Morgan fingerprint density at radius 2 is 1.63 bits per heavy atom. The lowest BCUT2D eigenvalue weighted by molar-refractivity contribution is -0.132. The number of fused-ring (bicyclic) bond motifs is 1. The molecule has 3 aromatic rings. The molecule has 196 valence electrons. The summed E-state index contributed by atoms with van der Waals surface area (Å²) < 4.78 is 5.81. The van der Waals surface area contributed by atoms with E-state index in [9.17, 15) is 14.7 Å². The van der Waals surface area contributed by atoms with E-state index in [4.69, 9.17) is 4.74 Å². The van der Waals surface area contributed by atoms with E-state index in [-0.39, 0.29) is 22.9 Å². The fourth-order valence-corrected chi connectivity index (χ4v) is 5.32. The van der Waals surface area contributed by atoms with Crippen molar-refractivity contribution >= 4 is 23.1 Å². The van der Waals surface area contributed by atoms with Crippen LogP contribution < -0.4 is 9.64 Å². The number of ketones is 1. The molecule has 1 amide bonds. The van der Waals surface area contributed by atoms with E-state index in [2.05, 4.69) is 34.6 Å². The Labute approximate surface area is 224 Å². The Morgan fingerprint density at radius 3 is 2.24 bits per heavy atom. The van der Waals surface area contributed by atoms with Crippen molar-refractivity contribution in [1.82, 2.24) is 0 Å². The van der Waals surface area contributed by atoms with Gasteiger partial charge in [-0.2, -0.15) is 0 Å². The Balaban J connectivity index is 1.66. The number of carbonyl (C=O) groups is 2. The number of nitrogens with zero attached hydrogens (tertiary/aromatic N) is 1. The van der Waals surface area contributed by atoms with E-state index in [1.807, 2.05) is 67.6 Å². The maximum absolute atomic E-state index is 13.5. The van der Waals surface area contributed by atoms with Gasteiger partial charge in [0.2, 0.25) is 0 Å². The van der Waals surface area contributed by atoms with E-state index >= 15 is 0 Å². The van der Waals surface area contributed by atoms with Crippen molar-refractivity contribution < 1.29 is 19.4 Å². The molecular formula is C33H35NO4. The van der Waals surface area contributed by atoms with Gasteiger partial charge in [-0.1, -0.05) is 71.0 Å². The van der Waals surface area contributed by atoms with Crippen molar-refractivity contribution in [2.24, 2.45) is 0 Å². The molecule has 1 saturated heterocycles. The fourth-order valence-electron chi connectivity index (χ4n) is 5.32. The number of rotatable bonds is 4. The third-order valence-electron chi connectivity index (χ3n) is 7.54. The standard InChI is InChI=1S/C33H35NO4/c1-19(2)21-9-14-26(15-10-21)34-29(22-7-12-25(13-8-22)33(4,5)6)28(31(36)32(34)37)30(35)23-11-16-27-24(18-23)17-20(3)38-27/h7-16,18-20,29,35H,17H2,1-6H3/b30-28-. The van der Waals surface area contributed by atoms with E-state index in [1.54, 1.807) is 6.07 Å². The summed E-state index contributed by atoms with van der Waals surface area (Å²) in [5, 5.41) is 11.5. The van der Waals surface area contributed by atoms with Crippen LogP contribution in [0.25, 0.3) is 5.76 Å². The zero-order valence-electron chi connectivity index (χ0n) is 22.9. The van der Waals surface area contributed by atoms with Crippen molar-refractivity contribution in [2.75, 3.05) is 4.90 Å². The molecule has 1 fully saturated rings. The first-order chi connectivity index (χ1) is 18.0. The first kappa shape index (κ1) is 25.8. The van der Waals surface area contributed by atoms with Gasteiger partial charge in [-0.25, -0.2) is 0 Å². The van der Waals surface area contributed by atoms with Crippen molar-refractivity contribution in [3.63, 3.8) is 0 Å². The Hall–Kier alpha value is -3.86. The van der Waals surface area contributed by atoms with Gasteiger partial charge in [0.05, 0.1) is 11.6 Å². The first-order valence-corrected chi connectivity index (χ1v) is 13.3. The van der Waals surface area contributed by atoms with Crippen LogP contribution in [-0.2, 0) is 21.4 Å². The summed E-state index contributed by atoms with van der Waals surface area (Å²) in [5.41, 5.74) is 5.21. The van der Waals surface area contributed by atoms with Crippen LogP contribution in [-0.4, -0.2) is 22.9 Å². The minimum absolute atomic E-state index is 0.0450. The molecule has 3 aromatic carbocycles. The second kappa shape index (κ2) is 9.46. The second-order valence-corrected chi connectivity index (χ2v) is 11.7. The molecule has 2 aliphatic rings. The van der Waals surface area contributed by atoms with Crippen LogP contribution in [0.4, 0.5) is 5.69 Å². The summed E-state index contributed by atoms with van der Waals surface area (Å²) >= 11 is 0. The minimum Gasteiger partial charge on any atom is -0.507 e. The van der Waals surface area contributed by atoms with Gasteiger partial charge < -0.3 is 9.84 Å². The predicted octanol–water partition coefficient (Wildman–Crippen LogP) is 7.06. The molecule has 0 spiro atoms. The third-order valence-corrected chi connectivity index (χ3v) is 7.54. The summed E-state index contributed by atoms with van der Waals surface area (Å²) in [4.78, 5) is 28.6. The van der Waals surface area contributed by atoms with Crippen molar-refractivity contribution in [3.8, 4) is 5.75 Å².